The van der Waals surface area contributed by atoms with E-state index < -0.39 is 11.4 Å². The Kier molecular flexibility index (Phi) is 5.49. The van der Waals surface area contributed by atoms with E-state index in [-0.39, 0.29) is 5.56 Å². The van der Waals surface area contributed by atoms with Gasteiger partial charge in [-0.15, -0.1) is 0 Å². The summed E-state index contributed by atoms with van der Waals surface area (Å²) in [5.41, 5.74) is 1.44. The van der Waals surface area contributed by atoms with E-state index in [1.54, 1.807) is 18.2 Å². The van der Waals surface area contributed by atoms with Crippen LogP contribution in [0.3, 0.4) is 0 Å². The zero-order valence-electron chi connectivity index (χ0n) is 16.2. The Hall–Kier alpha value is -3.54. The topological polar surface area (TPSA) is 69.0 Å². The highest BCUT2D eigenvalue weighted by Crippen LogP contribution is 2.31. The second-order valence-electron chi connectivity index (χ2n) is 6.37. The lowest BCUT2D eigenvalue weighted by Crippen LogP contribution is -2.12. The number of ether oxygens (including phenoxy) is 2. The zero-order chi connectivity index (χ0) is 20.3. The van der Waals surface area contributed by atoms with E-state index in [0.29, 0.717) is 22.5 Å². The maximum absolute atomic E-state index is 12.6. The van der Waals surface area contributed by atoms with Crippen LogP contribution in [0.15, 0.2) is 57.8 Å². The van der Waals surface area contributed by atoms with Crippen molar-refractivity contribution >= 4 is 28.5 Å². The van der Waals surface area contributed by atoms with E-state index in [0.717, 1.165) is 11.3 Å². The van der Waals surface area contributed by atoms with E-state index in [2.05, 4.69) is 0 Å². The van der Waals surface area contributed by atoms with Crippen LogP contribution in [0.5, 0.6) is 11.5 Å². The van der Waals surface area contributed by atoms with Crippen LogP contribution in [0.1, 0.15) is 15.9 Å². The highest BCUT2D eigenvalue weighted by Gasteiger charge is 2.15. The van der Waals surface area contributed by atoms with Crippen molar-refractivity contribution in [1.29, 1.82) is 0 Å². The Balaban J connectivity index is 1.94. The predicted molar refractivity (Wildman–Crippen MR) is 110 cm³/mol. The standard InChI is InChI=1S/C22H21NO5/c1-23(2)15-8-5-14(6-9-15)7-10-19(24)17-13-18-20(27-4)11-16(26-3)12-21(18)28-22(17)25/h5-13H,1-4H3/b10-7+. The van der Waals surface area contributed by atoms with Gasteiger partial charge in [0, 0.05) is 31.9 Å². The van der Waals surface area contributed by atoms with Gasteiger partial charge in [-0.1, -0.05) is 18.2 Å². The summed E-state index contributed by atoms with van der Waals surface area (Å²) in [5, 5.41) is 0.523. The van der Waals surface area contributed by atoms with Crippen LogP contribution in [0.4, 0.5) is 5.69 Å². The average Bonchev–Trinajstić information content (AvgIpc) is 2.70. The fraction of sp³-hybridized carbons (Fsp3) is 0.182. The molecule has 0 aliphatic carbocycles. The minimum Gasteiger partial charge on any atom is -0.496 e. The first-order valence-corrected chi connectivity index (χ1v) is 8.62. The van der Waals surface area contributed by atoms with Gasteiger partial charge in [-0.05, 0) is 29.8 Å². The van der Waals surface area contributed by atoms with Gasteiger partial charge in [-0.3, -0.25) is 4.79 Å². The summed E-state index contributed by atoms with van der Waals surface area (Å²) >= 11 is 0. The molecule has 0 saturated heterocycles. The molecular formula is C22H21NO5. The van der Waals surface area contributed by atoms with Crippen LogP contribution >= 0.6 is 0 Å². The lowest BCUT2D eigenvalue weighted by molar-refractivity contribution is 0.104. The molecule has 0 amide bonds. The fourth-order valence-corrected chi connectivity index (χ4v) is 2.77. The van der Waals surface area contributed by atoms with Crippen molar-refractivity contribution in [2.75, 3.05) is 33.2 Å². The number of anilines is 1. The van der Waals surface area contributed by atoms with Gasteiger partial charge < -0.3 is 18.8 Å². The number of rotatable bonds is 6. The van der Waals surface area contributed by atoms with Crippen molar-refractivity contribution < 1.29 is 18.7 Å². The molecule has 28 heavy (non-hydrogen) atoms. The van der Waals surface area contributed by atoms with Crippen molar-refractivity contribution in [2.45, 2.75) is 0 Å². The van der Waals surface area contributed by atoms with Gasteiger partial charge in [0.25, 0.3) is 0 Å². The molecule has 0 bridgehead atoms. The van der Waals surface area contributed by atoms with Crippen LogP contribution in [0.2, 0.25) is 0 Å². The SMILES string of the molecule is COc1cc(OC)c2cc(C(=O)/C=C/c3ccc(N(C)C)cc3)c(=O)oc2c1. The molecule has 3 rings (SSSR count). The summed E-state index contributed by atoms with van der Waals surface area (Å²) in [6, 6.07) is 12.4. The molecule has 1 heterocycles. The smallest absolute Gasteiger partial charge is 0.347 e. The lowest BCUT2D eigenvalue weighted by atomic mass is 10.1. The molecule has 0 fully saturated rings. The molecule has 6 heteroatoms. The third-order valence-electron chi connectivity index (χ3n) is 4.35. The molecule has 0 saturated carbocycles. The molecule has 0 N–H and O–H groups in total. The maximum Gasteiger partial charge on any atom is 0.347 e. The summed E-state index contributed by atoms with van der Waals surface area (Å²) in [5.74, 6) is 0.508. The predicted octanol–water partition coefficient (Wildman–Crippen LogP) is 3.77. The number of carbonyl (C=O) groups is 1. The number of hydrogen-bond donors (Lipinski definition) is 0. The van der Waals surface area contributed by atoms with E-state index in [1.807, 2.05) is 43.3 Å². The second kappa shape index (κ2) is 8.00. The van der Waals surface area contributed by atoms with Gasteiger partial charge in [0.1, 0.15) is 22.6 Å². The van der Waals surface area contributed by atoms with Gasteiger partial charge in [0.2, 0.25) is 0 Å². The van der Waals surface area contributed by atoms with E-state index in [1.165, 1.54) is 26.4 Å². The average molecular weight is 379 g/mol. The number of methoxy groups -OCH3 is 2. The molecule has 3 aromatic rings. The van der Waals surface area contributed by atoms with E-state index >= 15 is 0 Å². The van der Waals surface area contributed by atoms with E-state index in [4.69, 9.17) is 13.9 Å². The maximum atomic E-state index is 12.6. The highest BCUT2D eigenvalue weighted by molar-refractivity contribution is 6.08. The number of allylic oxidation sites excluding steroid dienone is 1. The van der Waals surface area contributed by atoms with Crippen LogP contribution < -0.4 is 20.0 Å². The number of benzene rings is 2. The molecule has 0 unspecified atom stereocenters. The Bertz CT molecular complexity index is 1090. The number of hydrogen-bond acceptors (Lipinski definition) is 6. The van der Waals surface area contributed by atoms with E-state index in [9.17, 15) is 9.59 Å². The summed E-state index contributed by atoms with van der Waals surface area (Å²) in [6.45, 7) is 0. The molecular weight excluding hydrogens is 358 g/mol. The first-order chi connectivity index (χ1) is 13.4. The molecule has 1 aromatic heterocycles. The number of carbonyl (C=O) groups excluding carboxylic acids is 1. The molecule has 0 aliphatic rings. The molecule has 0 spiro atoms. The van der Waals surface area contributed by atoms with Crippen LogP contribution in [0, 0.1) is 0 Å². The molecule has 2 aromatic carbocycles. The van der Waals surface area contributed by atoms with Gasteiger partial charge in [0.05, 0.1) is 19.6 Å². The molecule has 144 valence electrons. The Morgan fingerprint density at radius 2 is 1.75 bits per heavy atom. The fourth-order valence-electron chi connectivity index (χ4n) is 2.77. The third-order valence-corrected chi connectivity index (χ3v) is 4.35. The van der Waals surface area contributed by atoms with Gasteiger partial charge in [-0.25, -0.2) is 4.79 Å². The summed E-state index contributed by atoms with van der Waals surface area (Å²) in [7, 11) is 6.92. The highest BCUT2D eigenvalue weighted by atomic mass is 16.5. The Morgan fingerprint density at radius 1 is 1.04 bits per heavy atom. The minimum absolute atomic E-state index is 0.0582. The normalized spacial score (nSPS) is 11.0. The number of fused-ring (bicyclic) bond motifs is 1. The number of ketones is 1. The molecule has 6 nitrogen and oxygen atoms in total. The summed E-state index contributed by atoms with van der Waals surface area (Å²) in [6.07, 6.45) is 3.02. The third kappa shape index (κ3) is 3.91. The Labute approximate surface area is 162 Å². The van der Waals surface area contributed by atoms with Crippen molar-refractivity contribution in [3.63, 3.8) is 0 Å². The van der Waals surface area contributed by atoms with Crippen LogP contribution in [0.25, 0.3) is 17.0 Å². The van der Waals surface area contributed by atoms with Crippen LogP contribution in [-0.4, -0.2) is 34.1 Å². The second-order valence-corrected chi connectivity index (χ2v) is 6.37. The van der Waals surface area contributed by atoms with Crippen molar-refractivity contribution in [1.82, 2.24) is 0 Å². The van der Waals surface area contributed by atoms with Gasteiger partial charge in [-0.2, -0.15) is 0 Å². The summed E-state index contributed by atoms with van der Waals surface area (Å²) in [4.78, 5) is 26.8. The minimum atomic E-state index is -0.708. The van der Waals surface area contributed by atoms with Crippen LogP contribution in [-0.2, 0) is 0 Å². The van der Waals surface area contributed by atoms with Gasteiger partial charge in [0.15, 0.2) is 5.78 Å². The van der Waals surface area contributed by atoms with Crippen molar-refractivity contribution in [3.05, 3.63) is 70.1 Å². The monoisotopic (exact) mass is 379 g/mol. The van der Waals surface area contributed by atoms with Gasteiger partial charge >= 0.3 is 5.63 Å². The first-order valence-electron chi connectivity index (χ1n) is 8.62. The lowest BCUT2D eigenvalue weighted by Gasteiger charge is -2.11. The number of nitrogens with zero attached hydrogens (tertiary/aromatic N) is 1. The molecule has 0 atom stereocenters. The quantitative estimate of drug-likeness (QED) is 0.369. The van der Waals surface area contributed by atoms with Crippen molar-refractivity contribution in [2.24, 2.45) is 0 Å². The molecule has 0 radical (unpaired) electrons. The summed E-state index contributed by atoms with van der Waals surface area (Å²) < 4.78 is 15.8. The first kappa shape index (κ1) is 19.2. The zero-order valence-corrected chi connectivity index (χ0v) is 16.2. The largest absolute Gasteiger partial charge is 0.496 e. The molecule has 0 aliphatic heterocycles. The van der Waals surface area contributed by atoms with Crippen molar-refractivity contribution in [3.8, 4) is 11.5 Å². The Morgan fingerprint density at radius 3 is 2.36 bits per heavy atom.